The van der Waals surface area contributed by atoms with Crippen LogP contribution in [0.3, 0.4) is 0 Å². The number of hydrogen-bond donors (Lipinski definition) is 0. The first kappa shape index (κ1) is 34.7. The molecular weight excluding hydrogens is 653 g/mol. The number of nitrogens with zero attached hydrogens (tertiary/aromatic N) is 3. The number of carbonyl (C=O) groups excluding carboxylic acids is 1. The topological polar surface area (TPSA) is 64.1 Å². The van der Waals surface area contributed by atoms with Crippen LogP contribution in [-0.4, -0.2) is 53.5 Å². The number of benzene rings is 4. The Kier molecular flexibility index (Phi) is 11.8. The van der Waals surface area contributed by atoms with Crippen molar-refractivity contribution in [2.75, 3.05) is 32.8 Å². The highest BCUT2D eigenvalue weighted by Gasteiger charge is 2.19. The molecule has 1 saturated heterocycles. The summed E-state index contributed by atoms with van der Waals surface area (Å²) in [5.41, 5.74) is 5.27. The fraction of sp³-hybridized carbons (Fsp3) is 0.220. The Morgan fingerprint density at radius 1 is 0.840 bits per heavy atom. The number of halogens is 2. The Labute approximate surface area is 297 Å². The fourth-order valence-corrected chi connectivity index (χ4v) is 5.78. The molecule has 50 heavy (non-hydrogen) atoms. The van der Waals surface area contributed by atoms with Crippen molar-refractivity contribution in [3.63, 3.8) is 0 Å². The Balaban J connectivity index is 0.914. The molecule has 1 aliphatic heterocycles. The second-order valence-electron chi connectivity index (χ2n) is 12.1. The molecule has 1 fully saturated rings. The molecule has 9 heteroatoms. The molecule has 5 aromatic rings. The van der Waals surface area contributed by atoms with Crippen LogP contribution in [0.15, 0.2) is 115 Å². The highest BCUT2D eigenvalue weighted by atomic mass is 35.5. The second kappa shape index (κ2) is 17.0. The molecule has 0 saturated carbocycles. The van der Waals surface area contributed by atoms with E-state index in [2.05, 4.69) is 34.1 Å². The zero-order chi connectivity index (χ0) is 34.7. The smallest absolute Gasteiger partial charge is 0.246 e. The summed E-state index contributed by atoms with van der Waals surface area (Å²) < 4.78 is 30.5. The van der Waals surface area contributed by atoms with Gasteiger partial charge in [0.1, 0.15) is 29.7 Å². The molecule has 0 N–H and O–H groups in total. The van der Waals surface area contributed by atoms with Gasteiger partial charge in [-0.2, -0.15) is 0 Å². The minimum Gasteiger partial charge on any atom is -0.493 e. The van der Waals surface area contributed by atoms with E-state index in [9.17, 15) is 9.18 Å². The van der Waals surface area contributed by atoms with Crippen molar-refractivity contribution in [1.82, 2.24) is 14.8 Å². The van der Waals surface area contributed by atoms with Crippen LogP contribution in [0.5, 0.6) is 23.1 Å². The van der Waals surface area contributed by atoms with Crippen LogP contribution >= 0.6 is 11.6 Å². The Bertz CT molecular complexity index is 1890. The summed E-state index contributed by atoms with van der Waals surface area (Å²) in [4.78, 5) is 21.6. The number of piperazine rings is 1. The van der Waals surface area contributed by atoms with Crippen molar-refractivity contribution in [3.05, 3.63) is 154 Å². The third-order valence-corrected chi connectivity index (χ3v) is 8.89. The van der Waals surface area contributed by atoms with Gasteiger partial charge in [-0.15, -0.1) is 0 Å². The first-order valence-electron chi connectivity index (χ1n) is 16.6. The minimum absolute atomic E-state index is 0.0117. The third kappa shape index (κ3) is 9.94. The first-order valence-corrected chi connectivity index (χ1v) is 17.0. The maximum Gasteiger partial charge on any atom is 0.246 e. The lowest BCUT2D eigenvalue weighted by molar-refractivity contribution is -0.127. The van der Waals surface area contributed by atoms with Crippen molar-refractivity contribution >= 4 is 23.6 Å². The van der Waals surface area contributed by atoms with Crippen LogP contribution in [0.25, 0.3) is 6.08 Å². The number of carbonyl (C=O) groups is 1. The average Bonchev–Trinajstić information content (AvgIpc) is 3.13. The van der Waals surface area contributed by atoms with Gasteiger partial charge in [0.25, 0.3) is 0 Å². The van der Waals surface area contributed by atoms with Crippen LogP contribution in [0, 0.1) is 12.7 Å². The van der Waals surface area contributed by atoms with Crippen molar-refractivity contribution in [2.24, 2.45) is 0 Å². The molecule has 4 aromatic carbocycles. The lowest BCUT2D eigenvalue weighted by Gasteiger charge is -2.34. The van der Waals surface area contributed by atoms with Gasteiger partial charge in [-0.25, -0.2) is 9.37 Å². The van der Waals surface area contributed by atoms with Crippen LogP contribution in [0.2, 0.25) is 5.02 Å². The molecule has 6 rings (SSSR count). The highest BCUT2D eigenvalue weighted by molar-refractivity contribution is 6.31. The van der Waals surface area contributed by atoms with E-state index in [1.807, 2.05) is 66.4 Å². The van der Waals surface area contributed by atoms with E-state index in [0.717, 1.165) is 42.7 Å². The SMILES string of the molecule is Cc1cc(Oc2ccc(OCc3ccccc3Cl)cn2)ccc1C=CC(=O)N1CCN(Cc2ccc(CCOc3ccc(F)cc3)cc2)CC1. The number of rotatable bonds is 13. The summed E-state index contributed by atoms with van der Waals surface area (Å²) in [6, 6.07) is 31.5. The predicted molar refractivity (Wildman–Crippen MR) is 194 cm³/mol. The standard InChI is InChI=1S/C41H39ClFN3O4/c1-30-26-37(50-40-18-17-38(27-44-40)49-29-34-4-2-3-5-39(34)42)14-10-33(30)11-19-41(47)46-23-21-45(22-24-46)28-32-8-6-31(7-9-32)20-25-48-36-15-12-35(43)13-16-36/h2-19,26-27H,20-25,28-29H2,1H3. The molecule has 0 radical (unpaired) electrons. The molecule has 0 spiro atoms. The summed E-state index contributed by atoms with van der Waals surface area (Å²) in [6.07, 6.45) is 5.92. The lowest BCUT2D eigenvalue weighted by atomic mass is 10.1. The van der Waals surface area contributed by atoms with Crippen LogP contribution in [0.4, 0.5) is 4.39 Å². The number of pyridine rings is 1. The van der Waals surface area contributed by atoms with Crippen LogP contribution in [0.1, 0.15) is 27.8 Å². The van der Waals surface area contributed by atoms with Gasteiger partial charge < -0.3 is 19.1 Å². The molecule has 1 amide bonds. The summed E-state index contributed by atoms with van der Waals surface area (Å²) in [7, 11) is 0. The van der Waals surface area contributed by atoms with E-state index >= 15 is 0 Å². The number of hydrogen-bond acceptors (Lipinski definition) is 6. The zero-order valence-electron chi connectivity index (χ0n) is 27.9. The van der Waals surface area contributed by atoms with Gasteiger partial charge in [-0.1, -0.05) is 60.1 Å². The predicted octanol–water partition coefficient (Wildman–Crippen LogP) is 8.53. The minimum atomic E-state index is -0.270. The molecule has 0 unspecified atom stereocenters. The number of ether oxygens (including phenoxy) is 3. The molecule has 7 nitrogen and oxygen atoms in total. The molecule has 2 heterocycles. The van der Waals surface area contributed by atoms with Gasteiger partial charge in [-0.3, -0.25) is 9.69 Å². The van der Waals surface area contributed by atoms with E-state index in [-0.39, 0.29) is 11.7 Å². The van der Waals surface area contributed by atoms with E-state index in [1.54, 1.807) is 30.5 Å². The second-order valence-corrected chi connectivity index (χ2v) is 12.5. The maximum atomic E-state index is 13.1. The normalized spacial score (nSPS) is 13.4. The molecular formula is C41H39ClFN3O4. The molecule has 1 aliphatic rings. The largest absolute Gasteiger partial charge is 0.493 e. The van der Waals surface area contributed by atoms with E-state index in [0.29, 0.717) is 54.5 Å². The Morgan fingerprint density at radius 2 is 1.56 bits per heavy atom. The van der Waals surface area contributed by atoms with Crippen molar-refractivity contribution < 1.29 is 23.4 Å². The van der Waals surface area contributed by atoms with Crippen molar-refractivity contribution in [2.45, 2.75) is 26.5 Å². The number of aryl methyl sites for hydroxylation is 1. The lowest BCUT2D eigenvalue weighted by Crippen LogP contribution is -2.47. The van der Waals surface area contributed by atoms with Gasteiger partial charge in [0.15, 0.2) is 0 Å². The molecule has 0 aliphatic carbocycles. The summed E-state index contributed by atoms with van der Waals surface area (Å²) in [5, 5.41) is 0.663. The van der Waals surface area contributed by atoms with Gasteiger partial charge in [-0.05, 0) is 83.8 Å². The monoisotopic (exact) mass is 691 g/mol. The Hall–Kier alpha value is -5.18. The molecule has 0 atom stereocenters. The Morgan fingerprint density at radius 3 is 2.28 bits per heavy atom. The van der Waals surface area contributed by atoms with Crippen molar-refractivity contribution in [1.29, 1.82) is 0 Å². The van der Waals surface area contributed by atoms with E-state index in [4.69, 9.17) is 25.8 Å². The molecule has 1 aromatic heterocycles. The van der Waals surface area contributed by atoms with Gasteiger partial charge in [0, 0.05) is 61.9 Å². The summed E-state index contributed by atoms with van der Waals surface area (Å²) in [6.45, 7) is 6.73. The molecule has 0 bridgehead atoms. The van der Waals surface area contributed by atoms with Crippen molar-refractivity contribution in [3.8, 4) is 23.1 Å². The van der Waals surface area contributed by atoms with Crippen LogP contribution in [-0.2, 0) is 24.4 Å². The summed E-state index contributed by atoms with van der Waals surface area (Å²) in [5.74, 6) is 2.14. The summed E-state index contributed by atoms with van der Waals surface area (Å²) >= 11 is 6.21. The fourth-order valence-electron chi connectivity index (χ4n) is 5.59. The van der Waals surface area contributed by atoms with E-state index < -0.39 is 0 Å². The van der Waals surface area contributed by atoms with Gasteiger partial charge in [0.05, 0.1) is 12.8 Å². The quantitative estimate of drug-likeness (QED) is 0.115. The van der Waals surface area contributed by atoms with Gasteiger partial charge >= 0.3 is 0 Å². The van der Waals surface area contributed by atoms with E-state index in [1.165, 1.54) is 23.3 Å². The third-order valence-electron chi connectivity index (χ3n) is 8.52. The van der Waals surface area contributed by atoms with Crippen LogP contribution < -0.4 is 14.2 Å². The first-order chi connectivity index (χ1) is 24.4. The maximum absolute atomic E-state index is 13.1. The molecule has 256 valence electrons. The average molecular weight is 692 g/mol. The number of aromatic nitrogens is 1. The highest BCUT2D eigenvalue weighted by Crippen LogP contribution is 2.25. The zero-order valence-corrected chi connectivity index (χ0v) is 28.7. The number of amides is 1. The van der Waals surface area contributed by atoms with Gasteiger partial charge in [0.2, 0.25) is 11.8 Å².